The predicted molar refractivity (Wildman–Crippen MR) is 93.5 cm³/mol. The summed E-state index contributed by atoms with van der Waals surface area (Å²) in [5.41, 5.74) is 1.63. The number of methoxy groups -OCH3 is 1. The highest BCUT2D eigenvalue weighted by Gasteiger charge is 2.07. The molecule has 0 amide bonds. The molecule has 4 nitrogen and oxygen atoms in total. The number of hydrogen-bond acceptors (Lipinski definition) is 3. The van der Waals surface area contributed by atoms with Crippen molar-refractivity contribution in [2.24, 2.45) is 0 Å². The molecular weight excluding hydrogens is 412 g/mol. The van der Waals surface area contributed by atoms with Crippen LogP contribution in [0.15, 0.2) is 56.5 Å². The van der Waals surface area contributed by atoms with Crippen molar-refractivity contribution in [3.63, 3.8) is 0 Å². The Balaban J connectivity index is 2.02. The van der Waals surface area contributed by atoms with Gasteiger partial charge in [0.1, 0.15) is 5.75 Å². The number of aromatic nitrogens is 2. The van der Waals surface area contributed by atoms with Crippen LogP contribution in [0.5, 0.6) is 5.75 Å². The second-order valence-electron chi connectivity index (χ2n) is 4.81. The Morgan fingerprint density at radius 1 is 1.18 bits per heavy atom. The van der Waals surface area contributed by atoms with Gasteiger partial charge in [0.05, 0.1) is 35.4 Å². The van der Waals surface area contributed by atoms with Gasteiger partial charge in [-0.25, -0.2) is 4.98 Å². The van der Waals surface area contributed by atoms with Crippen LogP contribution in [0, 0.1) is 0 Å². The second kappa shape index (κ2) is 6.22. The Hall–Kier alpha value is -1.66. The first-order valence-electron chi connectivity index (χ1n) is 6.55. The number of benzene rings is 2. The molecular formula is C16H12Br2N2O2. The van der Waals surface area contributed by atoms with Gasteiger partial charge >= 0.3 is 0 Å². The highest BCUT2D eigenvalue weighted by molar-refractivity contribution is 9.10. The van der Waals surface area contributed by atoms with Crippen molar-refractivity contribution in [1.82, 2.24) is 9.55 Å². The fourth-order valence-corrected chi connectivity index (χ4v) is 3.20. The summed E-state index contributed by atoms with van der Waals surface area (Å²) in [6, 6.07) is 11.2. The van der Waals surface area contributed by atoms with Gasteiger partial charge in [0.25, 0.3) is 5.56 Å². The van der Waals surface area contributed by atoms with E-state index in [1.165, 1.54) is 0 Å². The molecule has 0 saturated carbocycles. The molecule has 0 saturated heterocycles. The summed E-state index contributed by atoms with van der Waals surface area (Å²) in [7, 11) is 1.62. The number of fused-ring (bicyclic) bond motifs is 1. The summed E-state index contributed by atoms with van der Waals surface area (Å²) in [5, 5.41) is 0.601. The minimum atomic E-state index is -0.0572. The smallest absolute Gasteiger partial charge is 0.261 e. The standard InChI is InChI=1S/C16H12Br2N2O2/c1-22-15-5-2-10(6-13(15)18)8-20-9-19-14-4-3-11(17)7-12(14)16(20)21/h2-7,9H,8H2,1H3. The van der Waals surface area contributed by atoms with Gasteiger partial charge in [0, 0.05) is 4.47 Å². The topological polar surface area (TPSA) is 44.1 Å². The highest BCUT2D eigenvalue weighted by Crippen LogP contribution is 2.25. The molecule has 0 spiro atoms. The van der Waals surface area contributed by atoms with Crippen molar-refractivity contribution in [2.45, 2.75) is 6.54 Å². The van der Waals surface area contributed by atoms with E-state index >= 15 is 0 Å². The molecule has 1 heterocycles. The number of nitrogens with zero attached hydrogens (tertiary/aromatic N) is 2. The van der Waals surface area contributed by atoms with Crippen LogP contribution in [0.25, 0.3) is 10.9 Å². The van der Waals surface area contributed by atoms with E-state index in [1.807, 2.05) is 30.3 Å². The lowest BCUT2D eigenvalue weighted by Crippen LogP contribution is -2.21. The molecule has 112 valence electrons. The molecule has 6 heteroatoms. The molecule has 3 rings (SSSR count). The molecule has 0 bridgehead atoms. The van der Waals surface area contributed by atoms with E-state index in [1.54, 1.807) is 24.1 Å². The fourth-order valence-electron chi connectivity index (χ4n) is 2.25. The van der Waals surface area contributed by atoms with E-state index in [0.29, 0.717) is 17.4 Å². The summed E-state index contributed by atoms with van der Waals surface area (Å²) in [4.78, 5) is 16.9. The zero-order valence-corrected chi connectivity index (χ0v) is 14.9. The molecule has 0 aliphatic carbocycles. The Labute approximate surface area is 144 Å². The van der Waals surface area contributed by atoms with Gasteiger partial charge in [0.2, 0.25) is 0 Å². The summed E-state index contributed by atoms with van der Waals surface area (Å²) < 4.78 is 8.54. The van der Waals surface area contributed by atoms with E-state index in [2.05, 4.69) is 36.8 Å². The lowest BCUT2D eigenvalue weighted by atomic mass is 10.2. The van der Waals surface area contributed by atoms with E-state index < -0.39 is 0 Å². The van der Waals surface area contributed by atoms with Crippen molar-refractivity contribution < 1.29 is 4.74 Å². The van der Waals surface area contributed by atoms with Crippen molar-refractivity contribution in [3.05, 3.63) is 67.6 Å². The van der Waals surface area contributed by atoms with Crippen LogP contribution in [0.3, 0.4) is 0 Å². The summed E-state index contributed by atoms with van der Waals surface area (Å²) >= 11 is 6.84. The maximum absolute atomic E-state index is 12.6. The van der Waals surface area contributed by atoms with Crippen molar-refractivity contribution in [3.8, 4) is 5.75 Å². The number of hydrogen-bond donors (Lipinski definition) is 0. The Bertz CT molecular complexity index is 906. The third-order valence-electron chi connectivity index (χ3n) is 3.36. The molecule has 1 aromatic heterocycles. The largest absolute Gasteiger partial charge is 0.496 e. The van der Waals surface area contributed by atoms with Crippen molar-refractivity contribution >= 4 is 42.8 Å². The van der Waals surface area contributed by atoms with Crippen LogP contribution in [0.4, 0.5) is 0 Å². The van der Waals surface area contributed by atoms with Crippen molar-refractivity contribution in [1.29, 1.82) is 0 Å². The molecule has 0 atom stereocenters. The molecule has 0 radical (unpaired) electrons. The lowest BCUT2D eigenvalue weighted by molar-refractivity contribution is 0.412. The average molecular weight is 424 g/mol. The molecule has 0 fully saturated rings. The van der Waals surface area contributed by atoms with Gasteiger partial charge in [-0.2, -0.15) is 0 Å². The summed E-state index contributed by atoms with van der Waals surface area (Å²) in [6.45, 7) is 0.455. The molecule has 0 N–H and O–H groups in total. The van der Waals surface area contributed by atoms with Crippen LogP contribution in [-0.2, 0) is 6.54 Å². The highest BCUT2D eigenvalue weighted by atomic mass is 79.9. The quantitative estimate of drug-likeness (QED) is 0.639. The second-order valence-corrected chi connectivity index (χ2v) is 6.58. The van der Waals surface area contributed by atoms with Crippen LogP contribution in [0.1, 0.15) is 5.56 Å². The normalized spacial score (nSPS) is 10.9. The monoisotopic (exact) mass is 422 g/mol. The van der Waals surface area contributed by atoms with Gasteiger partial charge in [-0.05, 0) is 51.8 Å². The first-order valence-corrected chi connectivity index (χ1v) is 8.14. The number of ether oxygens (including phenoxy) is 1. The zero-order valence-electron chi connectivity index (χ0n) is 11.7. The first kappa shape index (κ1) is 15.2. The molecule has 0 unspecified atom stereocenters. The number of halogens is 2. The molecule has 3 aromatic rings. The molecule has 2 aromatic carbocycles. The number of rotatable bonds is 3. The van der Waals surface area contributed by atoms with E-state index in [-0.39, 0.29) is 5.56 Å². The molecule has 0 aliphatic rings. The Morgan fingerprint density at radius 3 is 2.73 bits per heavy atom. The van der Waals surface area contributed by atoms with E-state index in [4.69, 9.17) is 4.74 Å². The van der Waals surface area contributed by atoms with Crippen LogP contribution >= 0.6 is 31.9 Å². The zero-order chi connectivity index (χ0) is 15.7. The average Bonchev–Trinajstić information content (AvgIpc) is 2.51. The minimum Gasteiger partial charge on any atom is -0.496 e. The lowest BCUT2D eigenvalue weighted by Gasteiger charge is -2.09. The molecule has 22 heavy (non-hydrogen) atoms. The third-order valence-corrected chi connectivity index (χ3v) is 4.47. The maximum atomic E-state index is 12.6. The van der Waals surface area contributed by atoms with Crippen molar-refractivity contribution in [2.75, 3.05) is 7.11 Å². The summed E-state index contributed by atoms with van der Waals surface area (Å²) in [5.74, 6) is 0.761. The SMILES string of the molecule is COc1ccc(Cn2cnc3ccc(Br)cc3c2=O)cc1Br. The van der Waals surface area contributed by atoms with E-state index in [0.717, 1.165) is 20.3 Å². The van der Waals surface area contributed by atoms with Crippen LogP contribution < -0.4 is 10.3 Å². The Morgan fingerprint density at radius 2 is 2.00 bits per heavy atom. The van der Waals surface area contributed by atoms with Gasteiger partial charge in [-0.3, -0.25) is 9.36 Å². The van der Waals surface area contributed by atoms with Crippen LogP contribution in [-0.4, -0.2) is 16.7 Å². The van der Waals surface area contributed by atoms with Gasteiger partial charge in [-0.15, -0.1) is 0 Å². The van der Waals surface area contributed by atoms with Crippen LogP contribution in [0.2, 0.25) is 0 Å². The third kappa shape index (κ3) is 2.94. The predicted octanol–water partition coefficient (Wildman–Crippen LogP) is 3.98. The van der Waals surface area contributed by atoms with Gasteiger partial charge < -0.3 is 4.74 Å². The summed E-state index contributed by atoms with van der Waals surface area (Å²) in [6.07, 6.45) is 1.58. The van der Waals surface area contributed by atoms with Gasteiger partial charge in [0.15, 0.2) is 0 Å². The molecule has 0 aliphatic heterocycles. The van der Waals surface area contributed by atoms with Gasteiger partial charge in [-0.1, -0.05) is 22.0 Å². The Kier molecular flexibility index (Phi) is 4.31. The fraction of sp³-hybridized carbons (Fsp3) is 0.125. The maximum Gasteiger partial charge on any atom is 0.261 e. The first-order chi connectivity index (χ1) is 10.6. The minimum absolute atomic E-state index is 0.0572. The van der Waals surface area contributed by atoms with E-state index in [9.17, 15) is 4.79 Å².